The number of amides is 1. The number of rotatable bonds is 5. The molecular weight excluding hydrogens is 348 g/mol. The van der Waals surface area contributed by atoms with E-state index in [0.717, 1.165) is 44.9 Å². The highest BCUT2D eigenvalue weighted by Gasteiger charge is 2.24. The van der Waals surface area contributed by atoms with Crippen molar-refractivity contribution in [3.05, 3.63) is 48.0 Å². The van der Waals surface area contributed by atoms with Gasteiger partial charge in [0.25, 0.3) is 0 Å². The second-order valence-electron chi connectivity index (χ2n) is 7.79. The SMILES string of the molecule is CN=C(NCCc1cccc2ccccc12)NC1CCN(C(=O)C(C)C)CC1. The number of aliphatic imine (C=N–C) groups is 1. The van der Waals surface area contributed by atoms with Gasteiger partial charge in [-0.3, -0.25) is 9.79 Å². The Morgan fingerprint density at radius 3 is 2.57 bits per heavy atom. The largest absolute Gasteiger partial charge is 0.356 e. The third kappa shape index (κ3) is 5.03. The minimum absolute atomic E-state index is 0.0769. The van der Waals surface area contributed by atoms with Crippen molar-refractivity contribution in [2.75, 3.05) is 26.7 Å². The Labute approximate surface area is 168 Å². The number of likely N-dealkylation sites (tertiary alicyclic amines) is 1. The van der Waals surface area contributed by atoms with Crippen LogP contribution in [0.15, 0.2) is 47.5 Å². The van der Waals surface area contributed by atoms with Crippen molar-refractivity contribution in [3.63, 3.8) is 0 Å². The topological polar surface area (TPSA) is 56.7 Å². The van der Waals surface area contributed by atoms with Gasteiger partial charge in [-0.1, -0.05) is 56.3 Å². The molecular formula is C23H32N4O. The standard InChI is InChI=1S/C23H32N4O/c1-17(2)22(28)27-15-12-20(13-16-27)26-23(24-3)25-14-11-19-9-6-8-18-7-4-5-10-21(18)19/h4-10,17,20H,11-16H2,1-3H3,(H2,24,25,26). The van der Waals surface area contributed by atoms with E-state index in [1.54, 1.807) is 0 Å². The summed E-state index contributed by atoms with van der Waals surface area (Å²) in [5.74, 6) is 1.18. The van der Waals surface area contributed by atoms with E-state index >= 15 is 0 Å². The molecule has 1 amide bonds. The summed E-state index contributed by atoms with van der Waals surface area (Å²) in [6, 6.07) is 15.3. The van der Waals surface area contributed by atoms with Gasteiger partial charge in [0.1, 0.15) is 0 Å². The van der Waals surface area contributed by atoms with E-state index in [1.807, 2.05) is 25.8 Å². The lowest BCUT2D eigenvalue weighted by molar-refractivity contribution is -0.135. The van der Waals surface area contributed by atoms with Gasteiger partial charge in [-0.2, -0.15) is 0 Å². The van der Waals surface area contributed by atoms with Crippen LogP contribution in [0.2, 0.25) is 0 Å². The van der Waals surface area contributed by atoms with Crippen molar-refractivity contribution in [3.8, 4) is 0 Å². The van der Waals surface area contributed by atoms with Crippen LogP contribution in [0.1, 0.15) is 32.3 Å². The lowest BCUT2D eigenvalue weighted by atomic mass is 10.0. The van der Waals surface area contributed by atoms with E-state index in [4.69, 9.17) is 0 Å². The summed E-state index contributed by atoms with van der Waals surface area (Å²) in [6.07, 6.45) is 2.87. The summed E-state index contributed by atoms with van der Waals surface area (Å²) in [4.78, 5) is 18.5. The molecule has 28 heavy (non-hydrogen) atoms. The van der Waals surface area contributed by atoms with Gasteiger partial charge >= 0.3 is 0 Å². The fourth-order valence-corrected chi connectivity index (χ4v) is 3.82. The highest BCUT2D eigenvalue weighted by Crippen LogP contribution is 2.18. The van der Waals surface area contributed by atoms with Gasteiger partial charge in [-0.15, -0.1) is 0 Å². The first-order chi connectivity index (χ1) is 13.6. The van der Waals surface area contributed by atoms with Gasteiger partial charge in [-0.25, -0.2) is 0 Å². The molecule has 0 atom stereocenters. The molecule has 1 aliphatic heterocycles. The number of benzene rings is 2. The Kier molecular flexibility index (Phi) is 6.90. The molecule has 1 fully saturated rings. The number of fused-ring (bicyclic) bond motifs is 1. The van der Waals surface area contributed by atoms with E-state index in [9.17, 15) is 4.79 Å². The number of hydrogen-bond acceptors (Lipinski definition) is 2. The third-order valence-corrected chi connectivity index (χ3v) is 5.43. The van der Waals surface area contributed by atoms with Crippen LogP contribution in [0.3, 0.4) is 0 Å². The van der Waals surface area contributed by atoms with Gasteiger partial charge in [0.15, 0.2) is 5.96 Å². The highest BCUT2D eigenvalue weighted by atomic mass is 16.2. The van der Waals surface area contributed by atoms with Crippen molar-refractivity contribution >= 4 is 22.6 Å². The molecule has 0 aromatic heterocycles. The molecule has 0 unspecified atom stereocenters. The van der Waals surface area contributed by atoms with Crippen molar-refractivity contribution in [2.24, 2.45) is 10.9 Å². The van der Waals surface area contributed by atoms with Crippen LogP contribution in [0.25, 0.3) is 10.8 Å². The smallest absolute Gasteiger partial charge is 0.225 e. The van der Waals surface area contributed by atoms with E-state index in [1.165, 1.54) is 16.3 Å². The molecule has 0 radical (unpaired) electrons. The summed E-state index contributed by atoms with van der Waals surface area (Å²) >= 11 is 0. The summed E-state index contributed by atoms with van der Waals surface area (Å²) < 4.78 is 0. The fraction of sp³-hybridized carbons (Fsp3) is 0.478. The van der Waals surface area contributed by atoms with Crippen LogP contribution in [-0.2, 0) is 11.2 Å². The number of piperidine rings is 1. The number of hydrogen-bond donors (Lipinski definition) is 2. The Bertz CT molecular complexity index is 817. The van der Waals surface area contributed by atoms with Crippen LogP contribution in [-0.4, -0.2) is 49.5 Å². The average molecular weight is 381 g/mol. The van der Waals surface area contributed by atoms with Crippen LogP contribution in [0, 0.1) is 5.92 Å². The van der Waals surface area contributed by atoms with Crippen molar-refractivity contribution in [2.45, 2.75) is 39.2 Å². The lowest BCUT2D eigenvalue weighted by Crippen LogP contribution is -2.50. The predicted octanol–water partition coefficient (Wildman–Crippen LogP) is 3.19. The molecule has 150 valence electrons. The zero-order chi connectivity index (χ0) is 19.9. The minimum Gasteiger partial charge on any atom is -0.356 e. The monoisotopic (exact) mass is 380 g/mol. The van der Waals surface area contributed by atoms with Crippen LogP contribution < -0.4 is 10.6 Å². The van der Waals surface area contributed by atoms with E-state index < -0.39 is 0 Å². The molecule has 2 aromatic rings. The number of carbonyl (C=O) groups excluding carboxylic acids is 1. The van der Waals surface area contributed by atoms with Crippen LogP contribution >= 0.6 is 0 Å². The Morgan fingerprint density at radius 1 is 1.14 bits per heavy atom. The summed E-state index contributed by atoms with van der Waals surface area (Å²) in [5.41, 5.74) is 1.35. The molecule has 1 heterocycles. The molecule has 1 saturated heterocycles. The van der Waals surface area contributed by atoms with Gasteiger partial charge in [0, 0.05) is 38.6 Å². The molecule has 3 rings (SSSR count). The molecule has 2 aromatic carbocycles. The van der Waals surface area contributed by atoms with E-state index in [0.29, 0.717) is 6.04 Å². The first-order valence-corrected chi connectivity index (χ1v) is 10.3. The van der Waals surface area contributed by atoms with Crippen molar-refractivity contribution < 1.29 is 4.79 Å². The predicted molar refractivity (Wildman–Crippen MR) is 117 cm³/mol. The second kappa shape index (κ2) is 9.58. The minimum atomic E-state index is 0.0769. The maximum absolute atomic E-state index is 12.1. The Morgan fingerprint density at radius 2 is 1.86 bits per heavy atom. The molecule has 0 spiro atoms. The molecule has 0 saturated carbocycles. The number of carbonyl (C=O) groups is 1. The molecule has 5 nitrogen and oxygen atoms in total. The molecule has 2 N–H and O–H groups in total. The van der Waals surface area contributed by atoms with Gasteiger partial charge in [0.05, 0.1) is 0 Å². The summed E-state index contributed by atoms with van der Waals surface area (Å²) in [5, 5.41) is 9.56. The number of nitrogens with zero attached hydrogens (tertiary/aromatic N) is 2. The molecule has 0 aliphatic carbocycles. The molecule has 0 bridgehead atoms. The van der Waals surface area contributed by atoms with Gasteiger partial charge in [0.2, 0.25) is 5.91 Å². The van der Waals surface area contributed by atoms with E-state index in [2.05, 4.69) is 58.1 Å². The summed E-state index contributed by atoms with van der Waals surface area (Å²) in [7, 11) is 1.81. The number of nitrogens with one attached hydrogen (secondary N) is 2. The third-order valence-electron chi connectivity index (χ3n) is 5.43. The van der Waals surface area contributed by atoms with Crippen LogP contribution in [0.5, 0.6) is 0 Å². The van der Waals surface area contributed by atoms with Crippen molar-refractivity contribution in [1.82, 2.24) is 15.5 Å². The second-order valence-corrected chi connectivity index (χ2v) is 7.79. The van der Waals surface area contributed by atoms with Gasteiger partial charge < -0.3 is 15.5 Å². The fourth-order valence-electron chi connectivity index (χ4n) is 3.82. The van der Waals surface area contributed by atoms with Crippen molar-refractivity contribution in [1.29, 1.82) is 0 Å². The highest BCUT2D eigenvalue weighted by molar-refractivity contribution is 5.86. The average Bonchev–Trinajstić information content (AvgIpc) is 2.73. The maximum Gasteiger partial charge on any atom is 0.225 e. The Balaban J connectivity index is 1.47. The first kappa shape index (κ1) is 20.2. The first-order valence-electron chi connectivity index (χ1n) is 10.3. The summed E-state index contributed by atoms with van der Waals surface area (Å²) in [6.45, 7) is 6.41. The van der Waals surface area contributed by atoms with E-state index in [-0.39, 0.29) is 11.8 Å². The molecule has 1 aliphatic rings. The maximum atomic E-state index is 12.1. The lowest BCUT2D eigenvalue weighted by Gasteiger charge is -2.34. The Hall–Kier alpha value is -2.56. The quantitative estimate of drug-likeness (QED) is 0.619. The number of guanidine groups is 1. The zero-order valence-electron chi connectivity index (χ0n) is 17.2. The zero-order valence-corrected chi connectivity index (χ0v) is 17.2. The normalized spacial score (nSPS) is 15.9. The van der Waals surface area contributed by atoms with Crippen LogP contribution in [0.4, 0.5) is 0 Å². The molecule has 5 heteroatoms. The van der Waals surface area contributed by atoms with Gasteiger partial charge in [-0.05, 0) is 35.6 Å².